The Kier molecular flexibility index (Phi) is 4.73. The molecule has 1 rings (SSSR count). The van der Waals surface area contributed by atoms with E-state index in [0.29, 0.717) is 11.3 Å². The van der Waals surface area contributed by atoms with Crippen molar-refractivity contribution in [2.75, 3.05) is 5.32 Å². The number of carbonyl (C=O) groups excluding carboxylic acids is 1. The molecule has 0 saturated carbocycles. The number of urea groups is 1. The number of hydrogen-bond acceptors (Lipinski definition) is 4. The molecule has 17 heavy (non-hydrogen) atoms. The quantitative estimate of drug-likeness (QED) is 0.878. The first-order valence-corrected chi connectivity index (χ1v) is 5.91. The zero-order valence-corrected chi connectivity index (χ0v) is 10.5. The predicted molar refractivity (Wildman–Crippen MR) is 61.3 cm³/mol. The highest BCUT2D eigenvalue weighted by atomic mass is 32.1. The molecule has 8 heteroatoms. The van der Waals surface area contributed by atoms with E-state index in [1.807, 2.05) is 20.8 Å². The number of hydrogen-bond donors (Lipinski definition) is 2. The van der Waals surface area contributed by atoms with Crippen LogP contribution in [-0.4, -0.2) is 22.3 Å². The first kappa shape index (κ1) is 13.8. The van der Waals surface area contributed by atoms with E-state index in [4.69, 9.17) is 0 Å². The lowest BCUT2D eigenvalue weighted by Gasteiger charge is -2.16. The molecule has 0 spiro atoms. The molecular weight excluding hydrogens is 250 g/mol. The molecule has 96 valence electrons. The van der Waals surface area contributed by atoms with Crippen molar-refractivity contribution in [3.05, 3.63) is 5.01 Å². The monoisotopic (exact) mass is 264 g/mol. The van der Waals surface area contributed by atoms with Crippen LogP contribution >= 0.6 is 11.3 Å². The predicted octanol–water partition coefficient (Wildman–Crippen LogP) is 2.64. The maximum atomic E-state index is 12.2. The molecule has 2 amide bonds. The zero-order valence-electron chi connectivity index (χ0n) is 9.70. The maximum Gasteiger partial charge on any atom is 0.321 e. The first-order valence-electron chi connectivity index (χ1n) is 5.09. The number of amides is 2. The van der Waals surface area contributed by atoms with Gasteiger partial charge in [0.25, 0.3) is 6.43 Å². The summed E-state index contributed by atoms with van der Waals surface area (Å²) in [5.74, 6) is 0.284. The average Bonchev–Trinajstić information content (AvgIpc) is 2.65. The van der Waals surface area contributed by atoms with E-state index < -0.39 is 17.5 Å². The molecule has 5 nitrogen and oxygen atoms in total. The summed E-state index contributed by atoms with van der Waals surface area (Å²) in [7, 11) is 0. The summed E-state index contributed by atoms with van der Waals surface area (Å²) in [6.45, 7) is 5.78. The molecule has 0 aliphatic rings. The standard InChI is InChI=1S/C9H14F2N4OS/c1-4(2)5(3)12-8(16)13-9-15-14-7(17-9)6(10)11/h4-6H,1-3H3,(H2,12,13,15,16). The van der Waals surface area contributed by atoms with Crippen LogP contribution in [0.3, 0.4) is 0 Å². The van der Waals surface area contributed by atoms with Gasteiger partial charge in [-0.3, -0.25) is 5.32 Å². The summed E-state index contributed by atoms with van der Waals surface area (Å²) < 4.78 is 24.4. The fourth-order valence-corrected chi connectivity index (χ4v) is 1.47. The Morgan fingerprint density at radius 1 is 1.29 bits per heavy atom. The van der Waals surface area contributed by atoms with Crippen molar-refractivity contribution < 1.29 is 13.6 Å². The topological polar surface area (TPSA) is 66.9 Å². The normalized spacial score (nSPS) is 12.9. The molecule has 0 bridgehead atoms. The van der Waals surface area contributed by atoms with Crippen molar-refractivity contribution in [3.63, 3.8) is 0 Å². The third-order valence-electron chi connectivity index (χ3n) is 2.21. The van der Waals surface area contributed by atoms with Gasteiger partial charge in [-0.25, -0.2) is 13.6 Å². The Labute approximate surface area is 102 Å². The van der Waals surface area contributed by atoms with Crippen LogP contribution in [0.1, 0.15) is 32.2 Å². The van der Waals surface area contributed by atoms with Crippen LogP contribution in [0.5, 0.6) is 0 Å². The van der Waals surface area contributed by atoms with Gasteiger partial charge in [0.2, 0.25) is 5.13 Å². The number of alkyl halides is 2. The second-order valence-electron chi connectivity index (χ2n) is 3.88. The molecule has 0 radical (unpaired) electrons. The van der Waals surface area contributed by atoms with Crippen molar-refractivity contribution >= 4 is 22.5 Å². The summed E-state index contributed by atoms with van der Waals surface area (Å²) in [4.78, 5) is 11.4. The number of carbonyl (C=O) groups is 1. The summed E-state index contributed by atoms with van der Waals surface area (Å²) in [6, 6.07) is -0.486. The van der Waals surface area contributed by atoms with E-state index >= 15 is 0 Å². The van der Waals surface area contributed by atoms with Gasteiger partial charge in [0.15, 0.2) is 5.01 Å². The van der Waals surface area contributed by atoms with Gasteiger partial charge in [-0.1, -0.05) is 25.2 Å². The minimum atomic E-state index is -2.67. The summed E-state index contributed by atoms with van der Waals surface area (Å²) >= 11 is 0.661. The Morgan fingerprint density at radius 3 is 2.41 bits per heavy atom. The molecule has 0 fully saturated rings. The highest BCUT2D eigenvalue weighted by Crippen LogP contribution is 2.24. The van der Waals surface area contributed by atoms with Crippen LogP contribution in [0.2, 0.25) is 0 Å². The molecule has 0 aliphatic heterocycles. The van der Waals surface area contributed by atoms with Crippen LogP contribution in [0.4, 0.5) is 18.7 Å². The smallest absolute Gasteiger partial charge is 0.321 e. The Hall–Kier alpha value is -1.31. The maximum absolute atomic E-state index is 12.2. The molecule has 0 saturated heterocycles. The number of nitrogens with one attached hydrogen (secondary N) is 2. The van der Waals surface area contributed by atoms with Gasteiger partial charge in [-0.15, -0.1) is 10.2 Å². The fraction of sp³-hybridized carbons (Fsp3) is 0.667. The van der Waals surface area contributed by atoms with Crippen molar-refractivity contribution in [3.8, 4) is 0 Å². The highest BCUT2D eigenvalue weighted by Gasteiger charge is 2.16. The van der Waals surface area contributed by atoms with E-state index in [1.165, 1.54) is 0 Å². The van der Waals surface area contributed by atoms with Crippen molar-refractivity contribution in [2.24, 2.45) is 5.92 Å². The molecule has 1 heterocycles. The minimum Gasteiger partial charge on any atom is -0.335 e. The van der Waals surface area contributed by atoms with Crippen molar-refractivity contribution in [1.29, 1.82) is 0 Å². The zero-order chi connectivity index (χ0) is 13.0. The van der Waals surface area contributed by atoms with Crippen molar-refractivity contribution in [1.82, 2.24) is 15.5 Å². The van der Waals surface area contributed by atoms with Crippen LogP contribution in [0, 0.1) is 5.92 Å². The fourth-order valence-electron chi connectivity index (χ4n) is 0.880. The van der Waals surface area contributed by atoms with E-state index in [2.05, 4.69) is 20.8 Å². The number of halogens is 2. The Balaban J connectivity index is 2.50. The average molecular weight is 264 g/mol. The number of rotatable bonds is 4. The Bertz CT molecular complexity index is 383. The summed E-state index contributed by atoms with van der Waals surface area (Å²) in [5, 5.41) is 11.4. The van der Waals surface area contributed by atoms with Gasteiger partial charge >= 0.3 is 6.03 Å². The minimum absolute atomic E-state index is 0.0162. The third kappa shape index (κ3) is 4.22. The highest BCUT2D eigenvalue weighted by molar-refractivity contribution is 7.15. The van der Waals surface area contributed by atoms with E-state index in [1.54, 1.807) is 0 Å². The molecule has 0 aliphatic carbocycles. The molecular formula is C9H14F2N4OS. The summed E-state index contributed by atoms with van der Waals surface area (Å²) in [6.07, 6.45) is -2.67. The lowest BCUT2D eigenvalue weighted by molar-refractivity contribution is 0.150. The molecule has 1 aromatic rings. The van der Waals surface area contributed by atoms with Gasteiger partial charge in [-0.2, -0.15) is 0 Å². The number of aromatic nitrogens is 2. The van der Waals surface area contributed by atoms with Crippen LogP contribution in [0.25, 0.3) is 0 Å². The van der Waals surface area contributed by atoms with Crippen molar-refractivity contribution in [2.45, 2.75) is 33.2 Å². The van der Waals surface area contributed by atoms with Gasteiger partial charge in [0.05, 0.1) is 0 Å². The van der Waals surface area contributed by atoms with E-state index in [-0.39, 0.29) is 17.1 Å². The van der Waals surface area contributed by atoms with E-state index in [9.17, 15) is 13.6 Å². The van der Waals surface area contributed by atoms with Gasteiger partial charge in [-0.05, 0) is 12.8 Å². The lowest BCUT2D eigenvalue weighted by atomic mass is 10.1. The van der Waals surface area contributed by atoms with Gasteiger partial charge in [0.1, 0.15) is 0 Å². The second-order valence-corrected chi connectivity index (χ2v) is 4.89. The van der Waals surface area contributed by atoms with Gasteiger partial charge in [0, 0.05) is 6.04 Å². The second kappa shape index (κ2) is 5.85. The number of anilines is 1. The largest absolute Gasteiger partial charge is 0.335 e. The van der Waals surface area contributed by atoms with Gasteiger partial charge < -0.3 is 5.32 Å². The van der Waals surface area contributed by atoms with E-state index in [0.717, 1.165) is 0 Å². The van der Waals surface area contributed by atoms with Crippen LogP contribution < -0.4 is 10.6 Å². The third-order valence-corrected chi connectivity index (χ3v) is 3.05. The molecule has 1 aromatic heterocycles. The molecule has 1 atom stereocenters. The molecule has 1 unspecified atom stereocenters. The summed E-state index contributed by atoms with van der Waals surface area (Å²) in [5.41, 5.74) is 0. The van der Waals surface area contributed by atoms with Crippen LogP contribution in [0.15, 0.2) is 0 Å². The molecule has 0 aromatic carbocycles. The Morgan fingerprint density at radius 2 is 1.94 bits per heavy atom. The van der Waals surface area contributed by atoms with Crippen LogP contribution in [-0.2, 0) is 0 Å². The SMILES string of the molecule is CC(C)C(C)NC(=O)Nc1nnc(C(F)F)s1. The molecule has 2 N–H and O–H groups in total. The first-order chi connectivity index (χ1) is 7.90. The number of nitrogens with zero attached hydrogens (tertiary/aromatic N) is 2. The lowest BCUT2D eigenvalue weighted by Crippen LogP contribution is -2.38.